The van der Waals surface area contributed by atoms with Crippen molar-refractivity contribution in [3.63, 3.8) is 0 Å². The summed E-state index contributed by atoms with van der Waals surface area (Å²) in [5.74, 6) is 6.43. The van der Waals surface area contributed by atoms with Gasteiger partial charge in [0.2, 0.25) is 0 Å². The number of thioether (sulfide) groups is 1. The number of amides is 1. The SMILES string of the molecule is CC1(C)CCN(Cc2cc(C(=O)NN)no2)CCS1. The number of hydrogen-bond acceptors (Lipinski definition) is 6. The molecule has 2 heterocycles. The molecule has 1 aliphatic heterocycles. The molecule has 2 rings (SSSR count). The normalized spacial score (nSPS) is 19.9. The van der Waals surface area contributed by atoms with Crippen molar-refractivity contribution in [3.8, 4) is 0 Å². The molecule has 19 heavy (non-hydrogen) atoms. The van der Waals surface area contributed by atoms with E-state index < -0.39 is 5.91 Å². The van der Waals surface area contributed by atoms with Gasteiger partial charge in [0.05, 0.1) is 6.54 Å². The molecule has 0 aliphatic carbocycles. The minimum Gasteiger partial charge on any atom is -0.359 e. The van der Waals surface area contributed by atoms with Crippen LogP contribution in [0.25, 0.3) is 0 Å². The van der Waals surface area contributed by atoms with Gasteiger partial charge in [0.25, 0.3) is 5.91 Å². The van der Waals surface area contributed by atoms with Crippen molar-refractivity contribution >= 4 is 17.7 Å². The molecule has 7 heteroatoms. The third kappa shape index (κ3) is 3.95. The minimum atomic E-state index is -0.428. The number of hydrogen-bond donors (Lipinski definition) is 2. The van der Waals surface area contributed by atoms with Crippen molar-refractivity contribution in [3.05, 3.63) is 17.5 Å². The minimum absolute atomic E-state index is 0.224. The first-order valence-electron chi connectivity index (χ1n) is 6.33. The molecule has 0 saturated carbocycles. The maximum Gasteiger partial charge on any atom is 0.287 e. The second kappa shape index (κ2) is 5.94. The molecule has 6 nitrogen and oxygen atoms in total. The molecule has 1 aliphatic rings. The van der Waals surface area contributed by atoms with E-state index in [0.717, 1.165) is 25.3 Å². The zero-order valence-corrected chi connectivity index (χ0v) is 12.1. The first-order chi connectivity index (χ1) is 9.00. The Morgan fingerprint density at radius 3 is 3.16 bits per heavy atom. The smallest absolute Gasteiger partial charge is 0.287 e. The van der Waals surface area contributed by atoms with Gasteiger partial charge >= 0.3 is 0 Å². The molecule has 0 aromatic carbocycles. The van der Waals surface area contributed by atoms with Gasteiger partial charge in [-0.25, -0.2) is 5.84 Å². The zero-order valence-electron chi connectivity index (χ0n) is 11.3. The Labute approximate surface area is 117 Å². The molecular weight excluding hydrogens is 264 g/mol. The maximum absolute atomic E-state index is 11.3. The van der Waals surface area contributed by atoms with E-state index in [4.69, 9.17) is 10.4 Å². The summed E-state index contributed by atoms with van der Waals surface area (Å²) in [5.41, 5.74) is 2.26. The highest BCUT2D eigenvalue weighted by atomic mass is 32.2. The van der Waals surface area contributed by atoms with Gasteiger partial charge in [-0.15, -0.1) is 0 Å². The first kappa shape index (κ1) is 14.4. The average Bonchev–Trinajstić information content (AvgIpc) is 2.76. The van der Waals surface area contributed by atoms with Gasteiger partial charge in [0.1, 0.15) is 0 Å². The van der Waals surface area contributed by atoms with E-state index in [-0.39, 0.29) is 5.69 Å². The summed E-state index contributed by atoms with van der Waals surface area (Å²) in [5, 5.41) is 3.71. The van der Waals surface area contributed by atoms with E-state index in [9.17, 15) is 4.79 Å². The van der Waals surface area contributed by atoms with Crippen LogP contribution < -0.4 is 11.3 Å². The van der Waals surface area contributed by atoms with Crippen molar-refractivity contribution in [1.29, 1.82) is 0 Å². The molecule has 0 radical (unpaired) electrons. The lowest BCUT2D eigenvalue weighted by molar-refractivity contribution is 0.0944. The van der Waals surface area contributed by atoms with Crippen LogP contribution in [-0.4, -0.2) is 39.6 Å². The van der Waals surface area contributed by atoms with Crippen molar-refractivity contribution < 1.29 is 9.32 Å². The Kier molecular flexibility index (Phi) is 4.49. The summed E-state index contributed by atoms with van der Waals surface area (Å²) in [7, 11) is 0. The van der Waals surface area contributed by atoms with Crippen LogP contribution in [0, 0.1) is 0 Å². The van der Waals surface area contributed by atoms with Gasteiger partial charge in [-0.1, -0.05) is 19.0 Å². The number of nitrogen functional groups attached to an aromatic ring is 1. The Bertz CT molecular complexity index is 447. The standard InChI is InChI=1S/C12H20N4O2S/c1-12(2)3-4-16(5-6-19-12)8-9-7-10(15-18-9)11(17)14-13/h7H,3-6,8,13H2,1-2H3,(H,14,17). The molecule has 1 aromatic heterocycles. The number of nitrogens with one attached hydrogen (secondary N) is 1. The molecular formula is C12H20N4O2S. The van der Waals surface area contributed by atoms with Crippen molar-refractivity contribution in [2.24, 2.45) is 5.84 Å². The lowest BCUT2D eigenvalue weighted by Crippen LogP contribution is -2.30. The highest BCUT2D eigenvalue weighted by Gasteiger charge is 2.24. The summed E-state index contributed by atoms with van der Waals surface area (Å²) in [4.78, 5) is 13.6. The third-order valence-electron chi connectivity index (χ3n) is 3.23. The van der Waals surface area contributed by atoms with Crippen LogP contribution in [0.15, 0.2) is 10.6 Å². The molecule has 0 unspecified atom stereocenters. The van der Waals surface area contributed by atoms with Crippen LogP contribution in [0.1, 0.15) is 36.5 Å². The van der Waals surface area contributed by atoms with Gasteiger partial charge in [0, 0.05) is 23.1 Å². The molecule has 0 atom stereocenters. The molecule has 106 valence electrons. The number of carbonyl (C=O) groups excluding carboxylic acids is 1. The summed E-state index contributed by atoms with van der Waals surface area (Å²) in [6, 6.07) is 1.64. The van der Waals surface area contributed by atoms with Crippen LogP contribution in [0.2, 0.25) is 0 Å². The average molecular weight is 284 g/mol. The van der Waals surface area contributed by atoms with Gasteiger partial charge in [-0.2, -0.15) is 11.8 Å². The third-order valence-corrected chi connectivity index (χ3v) is 4.60. The van der Waals surface area contributed by atoms with E-state index in [1.54, 1.807) is 6.07 Å². The van der Waals surface area contributed by atoms with E-state index >= 15 is 0 Å². The molecule has 0 bridgehead atoms. The van der Waals surface area contributed by atoms with Crippen molar-refractivity contribution in [1.82, 2.24) is 15.5 Å². The number of rotatable bonds is 3. The molecule has 1 saturated heterocycles. The summed E-state index contributed by atoms with van der Waals surface area (Å²) in [6.45, 7) is 7.28. The van der Waals surface area contributed by atoms with Gasteiger partial charge in [0.15, 0.2) is 11.5 Å². The van der Waals surface area contributed by atoms with Crippen molar-refractivity contribution in [2.75, 3.05) is 18.8 Å². The monoisotopic (exact) mass is 284 g/mol. The van der Waals surface area contributed by atoms with Crippen LogP contribution in [0.5, 0.6) is 0 Å². The number of aromatic nitrogens is 1. The number of hydrazine groups is 1. The predicted octanol–water partition coefficient (Wildman–Crippen LogP) is 0.996. The fourth-order valence-electron chi connectivity index (χ4n) is 2.01. The highest BCUT2D eigenvalue weighted by Crippen LogP contribution is 2.31. The molecule has 0 spiro atoms. The van der Waals surface area contributed by atoms with E-state index in [1.165, 1.54) is 0 Å². The summed E-state index contributed by atoms with van der Waals surface area (Å²) >= 11 is 2.00. The van der Waals surface area contributed by atoms with Crippen LogP contribution in [-0.2, 0) is 6.54 Å². The lowest BCUT2D eigenvalue weighted by Gasteiger charge is -2.21. The van der Waals surface area contributed by atoms with Crippen LogP contribution in [0.4, 0.5) is 0 Å². The maximum atomic E-state index is 11.3. The molecule has 1 fully saturated rings. The Morgan fingerprint density at radius 1 is 1.63 bits per heavy atom. The second-order valence-electron chi connectivity index (χ2n) is 5.29. The second-order valence-corrected chi connectivity index (χ2v) is 7.09. The summed E-state index contributed by atoms with van der Waals surface area (Å²) in [6.07, 6.45) is 1.14. The molecule has 3 N–H and O–H groups in total. The van der Waals surface area contributed by atoms with E-state index in [0.29, 0.717) is 17.1 Å². The Balaban J connectivity index is 1.94. The molecule has 1 aromatic rings. The Morgan fingerprint density at radius 2 is 2.42 bits per heavy atom. The number of carbonyl (C=O) groups is 1. The van der Waals surface area contributed by atoms with Crippen molar-refractivity contribution in [2.45, 2.75) is 31.6 Å². The topological polar surface area (TPSA) is 84.4 Å². The number of nitrogens with two attached hydrogens (primary N) is 1. The van der Waals surface area contributed by atoms with Crippen LogP contribution >= 0.6 is 11.8 Å². The largest absolute Gasteiger partial charge is 0.359 e. The van der Waals surface area contributed by atoms with E-state index in [1.807, 2.05) is 17.2 Å². The zero-order chi connectivity index (χ0) is 13.9. The van der Waals surface area contributed by atoms with Crippen LogP contribution in [0.3, 0.4) is 0 Å². The Hall–Kier alpha value is -1.05. The molecule has 1 amide bonds. The highest BCUT2D eigenvalue weighted by molar-refractivity contribution is 8.00. The fraction of sp³-hybridized carbons (Fsp3) is 0.667. The lowest BCUT2D eigenvalue weighted by atomic mass is 10.1. The number of nitrogens with zero attached hydrogens (tertiary/aromatic N) is 2. The van der Waals surface area contributed by atoms with Gasteiger partial charge < -0.3 is 4.52 Å². The van der Waals surface area contributed by atoms with E-state index in [2.05, 4.69) is 23.9 Å². The van der Waals surface area contributed by atoms with Gasteiger partial charge in [-0.3, -0.25) is 15.1 Å². The first-order valence-corrected chi connectivity index (χ1v) is 7.31. The summed E-state index contributed by atoms with van der Waals surface area (Å²) < 4.78 is 5.50. The fourth-order valence-corrected chi connectivity index (χ4v) is 3.15. The quantitative estimate of drug-likeness (QED) is 0.489. The predicted molar refractivity (Wildman–Crippen MR) is 74.6 cm³/mol. The van der Waals surface area contributed by atoms with Gasteiger partial charge in [-0.05, 0) is 13.0 Å².